The molecule has 0 radical (unpaired) electrons. The van der Waals surface area contributed by atoms with Crippen LogP contribution >= 0.6 is 0 Å². The first kappa shape index (κ1) is 38.9. The monoisotopic (exact) mass is 841 g/mol. The Balaban J connectivity index is 0.921. The minimum absolute atomic E-state index is 0.894. The SMILES string of the molecule is c1ccc(-c2ccc(-c3ccc(N(c4ccc(-c5ccc(-c6ccccc6)c(-c6ccccc6)c5)cc4)c4ccc(-c5cccc6oc7c8ccccc8ccc7c56)cc4)cc3)cc2)cc1. The summed E-state index contributed by atoms with van der Waals surface area (Å²) in [5, 5.41) is 4.57. The number of fused-ring (bicyclic) bond motifs is 5. The van der Waals surface area contributed by atoms with Gasteiger partial charge >= 0.3 is 0 Å². The molecular weight excluding hydrogens is 799 g/mol. The van der Waals surface area contributed by atoms with E-state index in [9.17, 15) is 0 Å². The highest BCUT2D eigenvalue weighted by atomic mass is 16.3. The van der Waals surface area contributed by atoms with Gasteiger partial charge in [-0.15, -0.1) is 0 Å². The fourth-order valence-corrected chi connectivity index (χ4v) is 9.57. The maximum Gasteiger partial charge on any atom is 0.143 e. The largest absolute Gasteiger partial charge is 0.455 e. The third-order valence-corrected chi connectivity index (χ3v) is 12.9. The van der Waals surface area contributed by atoms with E-state index in [0.717, 1.165) is 61.1 Å². The molecule has 0 N–H and O–H groups in total. The minimum Gasteiger partial charge on any atom is -0.455 e. The molecule has 2 nitrogen and oxygen atoms in total. The van der Waals surface area contributed by atoms with Crippen molar-refractivity contribution in [2.45, 2.75) is 0 Å². The Hall–Kier alpha value is -8.72. The van der Waals surface area contributed by atoms with Gasteiger partial charge in [-0.1, -0.05) is 206 Å². The van der Waals surface area contributed by atoms with Gasteiger partial charge in [0.25, 0.3) is 0 Å². The number of hydrogen-bond acceptors (Lipinski definition) is 2. The van der Waals surface area contributed by atoms with E-state index in [2.05, 4.69) is 266 Å². The predicted octanol–water partition coefficient (Wildman–Crippen LogP) is 18.2. The maximum absolute atomic E-state index is 6.56. The van der Waals surface area contributed by atoms with Crippen LogP contribution in [0.25, 0.3) is 99.5 Å². The molecule has 0 bridgehead atoms. The van der Waals surface area contributed by atoms with E-state index in [-0.39, 0.29) is 0 Å². The van der Waals surface area contributed by atoms with Gasteiger partial charge in [0.05, 0.1) is 0 Å². The molecule has 0 fully saturated rings. The van der Waals surface area contributed by atoms with Gasteiger partial charge in [-0.05, 0) is 127 Å². The van der Waals surface area contributed by atoms with Crippen LogP contribution in [0.2, 0.25) is 0 Å². The molecule has 0 saturated carbocycles. The van der Waals surface area contributed by atoms with E-state index in [0.29, 0.717) is 0 Å². The van der Waals surface area contributed by atoms with Gasteiger partial charge in [-0.3, -0.25) is 0 Å². The summed E-state index contributed by atoms with van der Waals surface area (Å²) in [6, 6.07) is 93.7. The average molecular weight is 842 g/mol. The van der Waals surface area contributed by atoms with Gasteiger partial charge < -0.3 is 9.32 Å². The number of hydrogen-bond donors (Lipinski definition) is 0. The molecule has 0 unspecified atom stereocenters. The summed E-state index contributed by atoms with van der Waals surface area (Å²) < 4.78 is 6.56. The smallest absolute Gasteiger partial charge is 0.143 e. The topological polar surface area (TPSA) is 16.4 Å². The predicted molar refractivity (Wildman–Crippen MR) is 279 cm³/mol. The minimum atomic E-state index is 0.894. The quantitative estimate of drug-likeness (QED) is 0.144. The summed E-state index contributed by atoms with van der Waals surface area (Å²) >= 11 is 0. The highest BCUT2D eigenvalue weighted by Gasteiger charge is 2.18. The van der Waals surface area contributed by atoms with Crippen LogP contribution in [0.4, 0.5) is 17.1 Å². The number of anilines is 3. The first-order chi connectivity index (χ1) is 32.7. The van der Waals surface area contributed by atoms with Crippen molar-refractivity contribution in [3.05, 3.63) is 261 Å². The Morgan fingerprint density at radius 2 is 0.697 bits per heavy atom. The highest BCUT2D eigenvalue weighted by Crippen LogP contribution is 2.43. The van der Waals surface area contributed by atoms with Crippen molar-refractivity contribution in [3.63, 3.8) is 0 Å². The van der Waals surface area contributed by atoms with Gasteiger partial charge in [-0.2, -0.15) is 0 Å². The first-order valence-corrected chi connectivity index (χ1v) is 22.6. The zero-order valence-electron chi connectivity index (χ0n) is 36.2. The van der Waals surface area contributed by atoms with E-state index in [1.54, 1.807) is 0 Å². The number of benzene rings is 11. The molecule has 12 aromatic rings. The lowest BCUT2D eigenvalue weighted by Gasteiger charge is -2.26. The molecule has 1 aromatic heterocycles. The van der Waals surface area contributed by atoms with Crippen LogP contribution in [0, 0.1) is 0 Å². The van der Waals surface area contributed by atoms with E-state index in [4.69, 9.17) is 4.42 Å². The molecule has 0 aliphatic carbocycles. The van der Waals surface area contributed by atoms with Crippen LogP contribution in [-0.4, -0.2) is 0 Å². The first-order valence-electron chi connectivity index (χ1n) is 22.6. The zero-order chi connectivity index (χ0) is 43.8. The average Bonchev–Trinajstić information content (AvgIpc) is 3.80. The Labute approximate surface area is 384 Å². The van der Waals surface area contributed by atoms with Gasteiger partial charge in [-0.25, -0.2) is 0 Å². The van der Waals surface area contributed by atoms with Crippen molar-refractivity contribution in [1.29, 1.82) is 0 Å². The lowest BCUT2D eigenvalue weighted by molar-refractivity contribution is 0.673. The van der Waals surface area contributed by atoms with Crippen LogP contribution in [0.3, 0.4) is 0 Å². The molecule has 0 spiro atoms. The van der Waals surface area contributed by atoms with Crippen molar-refractivity contribution >= 4 is 49.8 Å². The third-order valence-electron chi connectivity index (χ3n) is 12.9. The van der Waals surface area contributed by atoms with Gasteiger partial charge in [0.2, 0.25) is 0 Å². The number of rotatable bonds is 9. The van der Waals surface area contributed by atoms with Crippen molar-refractivity contribution < 1.29 is 4.42 Å². The van der Waals surface area contributed by atoms with E-state index >= 15 is 0 Å². The van der Waals surface area contributed by atoms with Crippen LogP contribution in [0.15, 0.2) is 265 Å². The Morgan fingerprint density at radius 3 is 1.29 bits per heavy atom. The van der Waals surface area contributed by atoms with Crippen LogP contribution in [-0.2, 0) is 0 Å². The van der Waals surface area contributed by atoms with Gasteiger partial charge in [0.1, 0.15) is 11.2 Å². The third kappa shape index (κ3) is 7.21. The number of nitrogens with zero attached hydrogens (tertiary/aromatic N) is 1. The van der Waals surface area contributed by atoms with Crippen LogP contribution in [0.5, 0.6) is 0 Å². The molecule has 0 aliphatic heterocycles. The van der Waals surface area contributed by atoms with Gasteiger partial charge in [0, 0.05) is 33.2 Å². The molecule has 12 rings (SSSR count). The molecule has 0 amide bonds. The van der Waals surface area contributed by atoms with Crippen molar-refractivity contribution in [1.82, 2.24) is 0 Å². The molecule has 2 heteroatoms. The normalized spacial score (nSPS) is 11.3. The summed E-state index contributed by atoms with van der Waals surface area (Å²) in [4.78, 5) is 2.35. The van der Waals surface area contributed by atoms with E-state index < -0.39 is 0 Å². The van der Waals surface area contributed by atoms with Crippen molar-refractivity contribution in [3.8, 4) is 66.8 Å². The lowest BCUT2D eigenvalue weighted by atomic mass is 9.91. The standard InChI is InChI=1S/C64H43NO/c1-4-13-44(14-5-1)45-23-25-46(26-24-45)47-27-35-54(36-28-47)65(55-37-29-48(30-38-55)53-34-41-57(49-15-6-2-7-16-49)61(43-53)50-17-8-3-9-18-50)56-39-31-52(32-40-56)58-21-12-22-62-63(58)60-42-33-51-19-10-11-20-59(51)64(60)66-62/h1-43H. The molecule has 0 aliphatic rings. The molecule has 0 atom stereocenters. The van der Waals surface area contributed by atoms with E-state index in [1.807, 2.05) is 0 Å². The summed E-state index contributed by atoms with van der Waals surface area (Å²) in [6.45, 7) is 0. The summed E-state index contributed by atoms with van der Waals surface area (Å²) in [7, 11) is 0. The van der Waals surface area contributed by atoms with Crippen molar-refractivity contribution in [2.24, 2.45) is 0 Å². The zero-order valence-corrected chi connectivity index (χ0v) is 36.2. The highest BCUT2D eigenvalue weighted by molar-refractivity contribution is 6.19. The summed E-state index contributed by atoms with van der Waals surface area (Å²) in [5.41, 5.74) is 19.3. The second-order valence-corrected chi connectivity index (χ2v) is 16.9. The second-order valence-electron chi connectivity index (χ2n) is 16.9. The van der Waals surface area contributed by atoms with Crippen LogP contribution in [0.1, 0.15) is 0 Å². The Morgan fingerprint density at radius 1 is 0.258 bits per heavy atom. The molecule has 1 heterocycles. The Kier molecular flexibility index (Phi) is 9.89. The van der Waals surface area contributed by atoms with Crippen molar-refractivity contribution in [2.75, 3.05) is 4.90 Å². The van der Waals surface area contributed by atoms with Crippen LogP contribution < -0.4 is 4.90 Å². The fourth-order valence-electron chi connectivity index (χ4n) is 9.57. The molecule has 0 saturated heterocycles. The summed E-state index contributed by atoms with van der Waals surface area (Å²) in [5.74, 6) is 0. The molecule has 11 aromatic carbocycles. The number of furan rings is 1. The molecular formula is C64H43NO. The fraction of sp³-hybridized carbons (Fsp3) is 0. The second kappa shape index (κ2) is 16.8. The Bertz CT molecular complexity index is 3630. The molecule has 66 heavy (non-hydrogen) atoms. The molecule has 310 valence electrons. The van der Waals surface area contributed by atoms with Gasteiger partial charge in [0.15, 0.2) is 0 Å². The maximum atomic E-state index is 6.56. The van der Waals surface area contributed by atoms with E-state index in [1.165, 1.54) is 55.5 Å². The lowest BCUT2D eigenvalue weighted by Crippen LogP contribution is -2.09. The summed E-state index contributed by atoms with van der Waals surface area (Å²) in [6.07, 6.45) is 0.